The minimum atomic E-state index is -0.120. The molecule has 0 saturated carbocycles. The number of hydrogen-bond donors (Lipinski definition) is 4. The molecule has 0 bridgehead atoms. The van der Waals surface area contributed by atoms with Crippen molar-refractivity contribution in [3.63, 3.8) is 0 Å². The first-order chi connectivity index (χ1) is 16.7. The highest BCUT2D eigenvalue weighted by Crippen LogP contribution is 2.23. The van der Waals surface area contributed by atoms with E-state index in [-0.39, 0.29) is 5.91 Å². The Hall–Kier alpha value is -3.82. The molecule has 4 heterocycles. The zero-order valence-electron chi connectivity index (χ0n) is 18.8. The van der Waals surface area contributed by atoms with E-state index in [0.717, 1.165) is 60.6 Å². The van der Waals surface area contributed by atoms with E-state index in [2.05, 4.69) is 35.9 Å². The van der Waals surface area contributed by atoms with Gasteiger partial charge in [0.2, 0.25) is 5.95 Å². The van der Waals surface area contributed by atoms with E-state index in [1.165, 1.54) is 0 Å². The van der Waals surface area contributed by atoms with E-state index < -0.39 is 0 Å². The number of aromatic amines is 1. The highest BCUT2D eigenvalue weighted by atomic mass is 16.5. The quantitative estimate of drug-likeness (QED) is 0.300. The molecule has 0 radical (unpaired) electrons. The van der Waals surface area contributed by atoms with Gasteiger partial charge < -0.3 is 25.7 Å². The molecule has 0 unspecified atom stereocenters. The summed E-state index contributed by atoms with van der Waals surface area (Å²) in [6.45, 7) is 2.92. The molecule has 3 aromatic heterocycles. The van der Waals surface area contributed by atoms with Gasteiger partial charge in [-0.2, -0.15) is 0 Å². The number of H-pyrrole nitrogens is 1. The predicted molar refractivity (Wildman–Crippen MR) is 131 cm³/mol. The van der Waals surface area contributed by atoms with E-state index in [9.17, 15) is 4.79 Å². The molecule has 0 atom stereocenters. The maximum Gasteiger partial charge on any atom is 0.267 e. The van der Waals surface area contributed by atoms with Gasteiger partial charge in [-0.15, -0.1) is 0 Å². The smallest absolute Gasteiger partial charge is 0.267 e. The fourth-order valence-electron chi connectivity index (χ4n) is 3.99. The fourth-order valence-corrected chi connectivity index (χ4v) is 3.99. The van der Waals surface area contributed by atoms with Gasteiger partial charge in [0, 0.05) is 61.3 Å². The molecule has 0 aliphatic carbocycles. The van der Waals surface area contributed by atoms with Crippen LogP contribution < -0.4 is 16.0 Å². The molecule has 4 N–H and O–H groups in total. The summed E-state index contributed by atoms with van der Waals surface area (Å²) >= 11 is 0. The summed E-state index contributed by atoms with van der Waals surface area (Å²) in [7, 11) is 0. The van der Waals surface area contributed by atoms with Crippen molar-refractivity contribution < 1.29 is 9.53 Å². The minimum Gasteiger partial charge on any atom is -0.381 e. The lowest BCUT2D eigenvalue weighted by Gasteiger charge is -2.23. The summed E-state index contributed by atoms with van der Waals surface area (Å²) < 4.78 is 5.37. The van der Waals surface area contributed by atoms with E-state index in [0.29, 0.717) is 24.2 Å². The first-order valence-corrected chi connectivity index (χ1v) is 11.5. The number of aromatic nitrogens is 4. The van der Waals surface area contributed by atoms with Crippen LogP contribution in [0.5, 0.6) is 0 Å². The van der Waals surface area contributed by atoms with Crippen LogP contribution in [0.3, 0.4) is 0 Å². The molecule has 1 aliphatic rings. The Labute approximate surface area is 197 Å². The summed E-state index contributed by atoms with van der Waals surface area (Å²) in [5.74, 6) is 0.360. The molecule has 1 fully saturated rings. The van der Waals surface area contributed by atoms with Crippen LogP contribution in [0.4, 0.5) is 11.6 Å². The van der Waals surface area contributed by atoms with Gasteiger partial charge in [-0.25, -0.2) is 9.97 Å². The number of rotatable bonds is 8. The average molecular weight is 458 g/mol. The average Bonchev–Trinajstić information content (AvgIpc) is 3.32. The third-order valence-electron chi connectivity index (χ3n) is 5.77. The maximum atomic E-state index is 12.6. The highest BCUT2D eigenvalue weighted by molar-refractivity contribution is 5.98. The monoisotopic (exact) mass is 457 g/mol. The van der Waals surface area contributed by atoms with Gasteiger partial charge >= 0.3 is 0 Å². The molecule has 1 amide bonds. The van der Waals surface area contributed by atoms with Crippen molar-refractivity contribution in [2.45, 2.75) is 18.9 Å². The molecule has 4 aromatic rings. The topological polar surface area (TPSA) is 117 Å². The number of carbonyl (C=O) groups is 1. The lowest BCUT2D eigenvalue weighted by molar-refractivity contribution is 0.0778. The Kier molecular flexibility index (Phi) is 6.73. The number of hydrogen-bond acceptors (Lipinski definition) is 7. The van der Waals surface area contributed by atoms with Gasteiger partial charge in [-0.05, 0) is 55.3 Å². The second-order valence-corrected chi connectivity index (χ2v) is 8.19. The third kappa shape index (κ3) is 5.38. The van der Waals surface area contributed by atoms with Gasteiger partial charge in [0.05, 0.1) is 11.4 Å². The largest absolute Gasteiger partial charge is 0.381 e. The van der Waals surface area contributed by atoms with Crippen LogP contribution in [0.15, 0.2) is 60.9 Å². The SMILES string of the molecule is O=C(NCCNC1CCOCC1)c1cc2cc(Nc3nccc(-c4ccccn4)n3)ccc2[nH]1. The summed E-state index contributed by atoms with van der Waals surface area (Å²) in [5, 5.41) is 10.6. The summed E-state index contributed by atoms with van der Waals surface area (Å²) in [4.78, 5) is 29.0. The van der Waals surface area contributed by atoms with Crippen LogP contribution in [0, 0.1) is 0 Å². The Balaban J connectivity index is 1.20. The highest BCUT2D eigenvalue weighted by Gasteiger charge is 2.13. The zero-order chi connectivity index (χ0) is 23.2. The Morgan fingerprint density at radius 3 is 2.76 bits per heavy atom. The summed E-state index contributed by atoms with van der Waals surface area (Å²) in [6, 6.07) is 15.7. The summed E-state index contributed by atoms with van der Waals surface area (Å²) in [6.07, 6.45) is 5.48. The number of amides is 1. The van der Waals surface area contributed by atoms with Crippen molar-refractivity contribution in [1.29, 1.82) is 0 Å². The third-order valence-corrected chi connectivity index (χ3v) is 5.77. The fraction of sp³-hybridized carbons (Fsp3) is 0.280. The molecular formula is C25H27N7O2. The van der Waals surface area contributed by atoms with E-state index in [1.807, 2.05) is 48.5 Å². The van der Waals surface area contributed by atoms with Crippen molar-refractivity contribution in [2.24, 2.45) is 0 Å². The first kappa shape index (κ1) is 22.0. The molecule has 34 heavy (non-hydrogen) atoms. The number of nitrogens with zero attached hydrogens (tertiary/aromatic N) is 3. The van der Waals surface area contributed by atoms with Gasteiger partial charge in [-0.3, -0.25) is 9.78 Å². The van der Waals surface area contributed by atoms with Crippen LogP contribution >= 0.6 is 0 Å². The van der Waals surface area contributed by atoms with Crippen LogP contribution in [-0.4, -0.2) is 58.2 Å². The Morgan fingerprint density at radius 1 is 1.00 bits per heavy atom. The van der Waals surface area contributed by atoms with Gasteiger partial charge in [0.25, 0.3) is 5.91 Å². The number of carbonyl (C=O) groups excluding carboxylic acids is 1. The molecule has 1 aliphatic heterocycles. The number of fused-ring (bicyclic) bond motifs is 1. The number of anilines is 2. The zero-order valence-corrected chi connectivity index (χ0v) is 18.8. The van der Waals surface area contributed by atoms with Crippen molar-refractivity contribution in [2.75, 3.05) is 31.6 Å². The molecule has 174 valence electrons. The van der Waals surface area contributed by atoms with Crippen LogP contribution in [0.25, 0.3) is 22.3 Å². The van der Waals surface area contributed by atoms with E-state index in [4.69, 9.17) is 4.74 Å². The predicted octanol–water partition coefficient (Wildman–Crippen LogP) is 3.26. The Bertz CT molecular complexity index is 1250. The normalized spacial score (nSPS) is 14.2. The summed E-state index contributed by atoms with van der Waals surface area (Å²) in [5.41, 5.74) is 3.78. The van der Waals surface area contributed by atoms with Crippen molar-refractivity contribution in [3.8, 4) is 11.4 Å². The number of pyridine rings is 1. The second kappa shape index (κ2) is 10.4. The molecule has 1 saturated heterocycles. The van der Waals surface area contributed by atoms with Crippen molar-refractivity contribution in [1.82, 2.24) is 30.6 Å². The molecule has 9 heteroatoms. The van der Waals surface area contributed by atoms with Crippen LogP contribution in [0.1, 0.15) is 23.3 Å². The number of nitrogens with one attached hydrogen (secondary N) is 4. The molecule has 0 spiro atoms. The molecule has 5 rings (SSSR count). The van der Waals surface area contributed by atoms with Gasteiger partial charge in [-0.1, -0.05) is 6.07 Å². The minimum absolute atomic E-state index is 0.120. The van der Waals surface area contributed by atoms with Crippen LogP contribution in [0.2, 0.25) is 0 Å². The Morgan fingerprint density at radius 2 is 1.91 bits per heavy atom. The number of ether oxygens (including phenoxy) is 1. The lowest BCUT2D eigenvalue weighted by atomic mass is 10.1. The van der Waals surface area contributed by atoms with Gasteiger partial charge in [0.1, 0.15) is 5.69 Å². The van der Waals surface area contributed by atoms with Gasteiger partial charge in [0.15, 0.2) is 0 Å². The van der Waals surface area contributed by atoms with E-state index >= 15 is 0 Å². The van der Waals surface area contributed by atoms with Crippen molar-refractivity contribution >= 4 is 28.4 Å². The maximum absolute atomic E-state index is 12.6. The second-order valence-electron chi connectivity index (χ2n) is 8.19. The van der Waals surface area contributed by atoms with E-state index in [1.54, 1.807) is 12.4 Å². The molecular weight excluding hydrogens is 430 g/mol. The lowest BCUT2D eigenvalue weighted by Crippen LogP contribution is -2.39. The van der Waals surface area contributed by atoms with Crippen LogP contribution in [-0.2, 0) is 4.74 Å². The van der Waals surface area contributed by atoms with Crippen molar-refractivity contribution in [3.05, 3.63) is 66.6 Å². The molecule has 9 nitrogen and oxygen atoms in total. The first-order valence-electron chi connectivity index (χ1n) is 11.5. The number of benzene rings is 1. The molecule has 1 aromatic carbocycles. The standard InChI is InChI=1S/C25H27N7O2/c33-24(28-12-11-26-18-7-13-34-14-8-18)23-16-17-15-19(4-5-20(17)31-23)30-25-29-10-6-22(32-25)21-3-1-2-9-27-21/h1-6,9-10,15-16,18,26,31H,7-8,11-14H2,(H,28,33)(H,29,30,32).